The Morgan fingerprint density at radius 2 is 1.60 bits per heavy atom. The van der Waals surface area contributed by atoms with E-state index in [0.717, 1.165) is 11.2 Å². The van der Waals surface area contributed by atoms with Gasteiger partial charge in [0.15, 0.2) is 0 Å². The average molecular weight is 206 g/mol. The molecule has 1 heterocycles. The lowest BCUT2D eigenvalue weighted by molar-refractivity contribution is 1.06. The molecule has 0 bridgehead atoms. The number of rotatable bonds is 0. The topological polar surface area (TPSA) is 28.7 Å². The lowest BCUT2D eigenvalue weighted by Gasteiger charge is -1.91. The summed E-state index contributed by atoms with van der Waals surface area (Å²) in [5, 5.41) is 8.39. The van der Waals surface area contributed by atoms with Gasteiger partial charge in [0.25, 0.3) is 0 Å². The van der Waals surface area contributed by atoms with Crippen LogP contribution in [0, 0.1) is 13.8 Å². The van der Waals surface area contributed by atoms with Gasteiger partial charge >= 0.3 is 0 Å². The predicted molar refractivity (Wildman–Crippen MR) is 68.3 cm³/mol. The molecule has 84 valence electrons. The van der Waals surface area contributed by atoms with Crippen LogP contribution in [0.4, 0.5) is 0 Å². The van der Waals surface area contributed by atoms with Gasteiger partial charge in [-0.05, 0) is 19.4 Å². The van der Waals surface area contributed by atoms with Gasteiger partial charge in [0.2, 0.25) is 0 Å². The maximum absolute atomic E-state index is 4.19. The monoisotopic (exact) mass is 206 g/mol. The van der Waals surface area contributed by atoms with Crippen LogP contribution in [0.2, 0.25) is 0 Å². The van der Waals surface area contributed by atoms with Gasteiger partial charge in [-0.25, -0.2) is 0 Å². The van der Waals surface area contributed by atoms with Gasteiger partial charge in [0.1, 0.15) is 0 Å². The standard InChI is InChI=1S/C9H10N2.2C2H6/c1-6-4-3-5-8-7(2)10-11-9(6)8;2*1-2/h3-5H,1-2H3,(H,10,11);2*1-2H3. The third kappa shape index (κ3) is 3.08. The highest BCUT2D eigenvalue weighted by atomic mass is 15.1. The van der Waals surface area contributed by atoms with Crippen LogP contribution in [-0.4, -0.2) is 10.2 Å². The Morgan fingerprint density at radius 1 is 1.00 bits per heavy atom. The highest BCUT2D eigenvalue weighted by Gasteiger charge is 2.01. The van der Waals surface area contributed by atoms with E-state index in [1.54, 1.807) is 0 Å². The third-order valence-electron chi connectivity index (χ3n) is 1.98. The van der Waals surface area contributed by atoms with Gasteiger partial charge < -0.3 is 0 Å². The summed E-state index contributed by atoms with van der Waals surface area (Å²) in [7, 11) is 0. The largest absolute Gasteiger partial charge is 0.282 e. The van der Waals surface area contributed by atoms with Crippen molar-refractivity contribution in [2.24, 2.45) is 0 Å². The van der Waals surface area contributed by atoms with Gasteiger partial charge in [-0.3, -0.25) is 5.10 Å². The fourth-order valence-corrected chi connectivity index (χ4v) is 1.31. The van der Waals surface area contributed by atoms with E-state index in [2.05, 4.69) is 35.3 Å². The SMILES string of the molecule is CC.CC.Cc1[nH]nc2c(C)cccc12. The van der Waals surface area contributed by atoms with Crippen molar-refractivity contribution in [3.8, 4) is 0 Å². The first-order valence-corrected chi connectivity index (χ1v) is 5.69. The van der Waals surface area contributed by atoms with Crippen molar-refractivity contribution in [3.05, 3.63) is 29.5 Å². The summed E-state index contributed by atoms with van der Waals surface area (Å²) >= 11 is 0. The number of aryl methyl sites for hydroxylation is 2. The number of H-pyrrole nitrogens is 1. The molecule has 1 aromatic carbocycles. The van der Waals surface area contributed by atoms with Crippen molar-refractivity contribution >= 4 is 10.9 Å². The van der Waals surface area contributed by atoms with Gasteiger partial charge in [-0.15, -0.1) is 0 Å². The van der Waals surface area contributed by atoms with Crippen molar-refractivity contribution in [1.29, 1.82) is 0 Å². The second kappa shape index (κ2) is 7.04. The van der Waals surface area contributed by atoms with E-state index in [1.807, 2.05) is 34.6 Å². The predicted octanol–water partition coefficient (Wildman–Crippen LogP) is 4.23. The Hall–Kier alpha value is -1.31. The van der Waals surface area contributed by atoms with E-state index in [0.29, 0.717) is 0 Å². The van der Waals surface area contributed by atoms with E-state index in [1.165, 1.54) is 10.9 Å². The number of nitrogens with zero attached hydrogens (tertiary/aromatic N) is 1. The lowest BCUT2D eigenvalue weighted by atomic mass is 10.1. The summed E-state index contributed by atoms with van der Waals surface area (Å²) in [6.07, 6.45) is 0. The molecular formula is C13H22N2. The van der Waals surface area contributed by atoms with Crippen molar-refractivity contribution in [2.75, 3.05) is 0 Å². The van der Waals surface area contributed by atoms with Gasteiger partial charge in [-0.1, -0.05) is 45.9 Å². The molecule has 0 aliphatic carbocycles. The lowest BCUT2D eigenvalue weighted by Crippen LogP contribution is -1.74. The quantitative estimate of drug-likeness (QED) is 0.686. The molecule has 1 N–H and O–H groups in total. The van der Waals surface area contributed by atoms with E-state index in [9.17, 15) is 0 Å². The third-order valence-corrected chi connectivity index (χ3v) is 1.98. The van der Waals surface area contributed by atoms with Crippen molar-refractivity contribution in [2.45, 2.75) is 41.5 Å². The van der Waals surface area contributed by atoms with Gasteiger partial charge in [-0.2, -0.15) is 5.10 Å². The first-order chi connectivity index (χ1) is 7.29. The minimum absolute atomic E-state index is 1.09. The number of nitrogens with one attached hydrogen (secondary N) is 1. The van der Waals surface area contributed by atoms with Crippen LogP contribution >= 0.6 is 0 Å². The molecule has 0 atom stereocenters. The Kier molecular flexibility index (Phi) is 6.43. The van der Waals surface area contributed by atoms with Crippen molar-refractivity contribution in [3.63, 3.8) is 0 Å². The summed E-state index contributed by atoms with van der Waals surface area (Å²) in [6, 6.07) is 6.21. The number of para-hydroxylation sites is 1. The molecular weight excluding hydrogens is 184 g/mol. The molecule has 0 fully saturated rings. The van der Waals surface area contributed by atoms with Crippen LogP contribution in [0.5, 0.6) is 0 Å². The van der Waals surface area contributed by atoms with Gasteiger partial charge in [0, 0.05) is 11.1 Å². The molecule has 0 aliphatic rings. The van der Waals surface area contributed by atoms with Crippen molar-refractivity contribution < 1.29 is 0 Å². The van der Waals surface area contributed by atoms with E-state index in [-0.39, 0.29) is 0 Å². The Bertz CT molecular complexity index is 388. The fraction of sp³-hybridized carbons (Fsp3) is 0.462. The first-order valence-electron chi connectivity index (χ1n) is 5.69. The maximum atomic E-state index is 4.19. The van der Waals surface area contributed by atoms with Crippen LogP contribution in [0.3, 0.4) is 0 Å². The molecule has 0 saturated heterocycles. The molecule has 0 unspecified atom stereocenters. The summed E-state index contributed by atoms with van der Waals surface area (Å²) in [6.45, 7) is 12.1. The molecule has 1 aromatic heterocycles. The molecule has 0 aliphatic heterocycles. The Morgan fingerprint density at radius 3 is 2.13 bits per heavy atom. The molecule has 0 saturated carbocycles. The molecule has 2 nitrogen and oxygen atoms in total. The van der Waals surface area contributed by atoms with E-state index < -0.39 is 0 Å². The number of hydrogen-bond acceptors (Lipinski definition) is 1. The minimum atomic E-state index is 1.09. The summed E-state index contributed by atoms with van der Waals surface area (Å²) in [5.74, 6) is 0. The summed E-state index contributed by atoms with van der Waals surface area (Å²) in [4.78, 5) is 0. The highest BCUT2D eigenvalue weighted by Crippen LogP contribution is 2.17. The first kappa shape index (κ1) is 13.7. The molecule has 0 radical (unpaired) electrons. The summed E-state index contributed by atoms with van der Waals surface area (Å²) < 4.78 is 0. The van der Waals surface area contributed by atoms with Crippen LogP contribution in [0.25, 0.3) is 10.9 Å². The smallest absolute Gasteiger partial charge is 0.0952 e. The Balaban J connectivity index is 0.000000442. The number of benzene rings is 1. The maximum Gasteiger partial charge on any atom is 0.0952 e. The Labute approximate surface area is 92.7 Å². The highest BCUT2D eigenvalue weighted by molar-refractivity contribution is 5.83. The van der Waals surface area contributed by atoms with Gasteiger partial charge in [0.05, 0.1) is 5.52 Å². The number of aromatic nitrogens is 2. The van der Waals surface area contributed by atoms with Crippen LogP contribution in [0.1, 0.15) is 39.0 Å². The normalized spacial score (nSPS) is 8.67. The fourth-order valence-electron chi connectivity index (χ4n) is 1.31. The van der Waals surface area contributed by atoms with Crippen LogP contribution < -0.4 is 0 Å². The van der Waals surface area contributed by atoms with Crippen LogP contribution in [0.15, 0.2) is 18.2 Å². The minimum Gasteiger partial charge on any atom is -0.282 e. The number of fused-ring (bicyclic) bond motifs is 1. The van der Waals surface area contributed by atoms with Crippen molar-refractivity contribution in [1.82, 2.24) is 10.2 Å². The molecule has 15 heavy (non-hydrogen) atoms. The number of hydrogen-bond donors (Lipinski definition) is 1. The van der Waals surface area contributed by atoms with E-state index >= 15 is 0 Å². The van der Waals surface area contributed by atoms with E-state index in [4.69, 9.17) is 0 Å². The zero-order valence-corrected chi connectivity index (χ0v) is 10.7. The molecule has 2 heteroatoms. The second-order valence-electron chi connectivity index (χ2n) is 2.82. The molecule has 2 aromatic rings. The molecule has 0 spiro atoms. The summed E-state index contributed by atoms with van der Waals surface area (Å²) in [5.41, 5.74) is 3.46. The zero-order valence-electron chi connectivity index (χ0n) is 10.7. The zero-order chi connectivity index (χ0) is 11.8. The number of aromatic amines is 1. The molecule has 2 rings (SSSR count). The second-order valence-corrected chi connectivity index (χ2v) is 2.82. The van der Waals surface area contributed by atoms with Crippen LogP contribution in [-0.2, 0) is 0 Å². The average Bonchev–Trinajstić information content (AvgIpc) is 2.68. The molecule has 0 amide bonds.